The first-order chi connectivity index (χ1) is 14.1. The molecule has 0 saturated carbocycles. The van der Waals surface area contributed by atoms with Gasteiger partial charge in [-0.25, -0.2) is 9.80 Å². The van der Waals surface area contributed by atoms with E-state index in [0.717, 1.165) is 15.6 Å². The van der Waals surface area contributed by atoms with Crippen LogP contribution in [0.5, 0.6) is 0 Å². The predicted octanol–water partition coefficient (Wildman–Crippen LogP) is 5.27. The van der Waals surface area contributed by atoms with Crippen molar-refractivity contribution in [1.29, 1.82) is 0 Å². The van der Waals surface area contributed by atoms with E-state index in [1.807, 2.05) is 19.1 Å². The molecule has 2 rings (SSSR count). The zero-order valence-electron chi connectivity index (χ0n) is 17.9. The van der Waals surface area contributed by atoms with Gasteiger partial charge in [-0.2, -0.15) is 5.01 Å². The Hall–Kier alpha value is -2.86. The molecule has 0 saturated heterocycles. The van der Waals surface area contributed by atoms with Gasteiger partial charge in [0.25, 0.3) is 11.8 Å². The molecule has 0 aliphatic carbocycles. The molecule has 0 bridgehead atoms. The number of carbonyl (C=O) groups is 3. The molecule has 2 aromatic rings. The molecule has 0 aliphatic rings. The summed E-state index contributed by atoms with van der Waals surface area (Å²) in [7, 11) is 0. The number of carbonyl (C=O) groups excluding carboxylic acids is 3. The fraction of sp³-hybridized carbons (Fsp3) is 0.348. The first kappa shape index (κ1) is 23.4. The van der Waals surface area contributed by atoms with Crippen molar-refractivity contribution in [2.45, 2.75) is 52.1 Å². The molecule has 7 heteroatoms. The molecule has 0 heterocycles. The summed E-state index contributed by atoms with van der Waals surface area (Å²) >= 11 is 5.85. The van der Waals surface area contributed by atoms with Crippen LogP contribution in [0.3, 0.4) is 0 Å². The van der Waals surface area contributed by atoms with Gasteiger partial charge < -0.3 is 4.74 Å². The number of benzene rings is 2. The number of aryl methyl sites for hydroxylation is 1. The van der Waals surface area contributed by atoms with Gasteiger partial charge in [0.15, 0.2) is 5.56 Å². The zero-order chi connectivity index (χ0) is 22.5. The summed E-state index contributed by atoms with van der Waals surface area (Å²) < 4.78 is 5.15. The molecular weight excluding hydrogens is 404 g/mol. The molecule has 1 unspecified atom stereocenters. The third-order valence-electron chi connectivity index (χ3n) is 4.31. The number of hydrogen-bond acceptors (Lipinski definition) is 4. The Labute approximate surface area is 182 Å². The van der Waals surface area contributed by atoms with Crippen LogP contribution < -0.4 is 0 Å². The van der Waals surface area contributed by atoms with Gasteiger partial charge in [-0.1, -0.05) is 54.9 Å². The molecule has 0 fully saturated rings. The monoisotopic (exact) mass is 430 g/mol. The lowest BCUT2D eigenvalue weighted by atomic mass is 10.0. The smallest absolute Gasteiger partial charge is 0.429 e. The van der Waals surface area contributed by atoms with Crippen LogP contribution in [0.4, 0.5) is 4.79 Å². The Kier molecular flexibility index (Phi) is 7.62. The lowest BCUT2D eigenvalue weighted by Gasteiger charge is -2.41. The summed E-state index contributed by atoms with van der Waals surface area (Å²) in [5, 5.41) is 1.88. The SMILES string of the molecule is CCc1ccccc1C(=O)N(C(=O)c1ccccc1)N(C(=O)OC(C)Cl)C(C)(C)C. The van der Waals surface area contributed by atoms with Crippen molar-refractivity contribution in [3.8, 4) is 0 Å². The van der Waals surface area contributed by atoms with Crippen LogP contribution in [0.1, 0.15) is 60.9 Å². The van der Waals surface area contributed by atoms with Gasteiger partial charge in [-0.05, 0) is 57.9 Å². The normalized spacial score (nSPS) is 12.1. The fourth-order valence-electron chi connectivity index (χ4n) is 2.97. The van der Waals surface area contributed by atoms with Crippen molar-refractivity contribution in [2.75, 3.05) is 0 Å². The van der Waals surface area contributed by atoms with Crippen LogP contribution in [0.2, 0.25) is 0 Å². The van der Waals surface area contributed by atoms with E-state index in [1.165, 1.54) is 6.92 Å². The van der Waals surface area contributed by atoms with Crippen LogP contribution in [-0.2, 0) is 11.2 Å². The standard InChI is InChI=1S/C23H27ClN2O4/c1-6-17-12-10-11-15-19(17)21(28)25(20(27)18-13-8-7-9-14-18)26(23(3,4)5)22(29)30-16(2)24/h7-16H,6H2,1-5H3. The van der Waals surface area contributed by atoms with E-state index in [4.69, 9.17) is 16.3 Å². The number of ether oxygens (including phenoxy) is 1. The van der Waals surface area contributed by atoms with Crippen LogP contribution in [0, 0.1) is 0 Å². The molecule has 0 aliphatic heterocycles. The lowest BCUT2D eigenvalue weighted by molar-refractivity contribution is -0.0440. The van der Waals surface area contributed by atoms with Gasteiger partial charge in [-0.15, -0.1) is 0 Å². The zero-order valence-corrected chi connectivity index (χ0v) is 18.6. The molecule has 0 radical (unpaired) electrons. The Morgan fingerprint density at radius 1 is 0.967 bits per heavy atom. The van der Waals surface area contributed by atoms with Crippen molar-refractivity contribution in [3.05, 3.63) is 71.3 Å². The third kappa shape index (κ3) is 5.39. The third-order valence-corrected chi connectivity index (χ3v) is 4.39. The van der Waals surface area contributed by atoms with Gasteiger partial charge in [-0.3, -0.25) is 9.59 Å². The molecular formula is C23H27ClN2O4. The minimum absolute atomic E-state index is 0.265. The first-order valence-corrected chi connectivity index (χ1v) is 10.2. The predicted molar refractivity (Wildman–Crippen MR) is 116 cm³/mol. The van der Waals surface area contributed by atoms with Gasteiger partial charge >= 0.3 is 6.09 Å². The second-order valence-corrected chi connectivity index (χ2v) is 8.32. The number of nitrogens with zero attached hydrogens (tertiary/aromatic N) is 2. The molecule has 3 amide bonds. The van der Waals surface area contributed by atoms with Crippen molar-refractivity contribution < 1.29 is 19.1 Å². The van der Waals surface area contributed by atoms with E-state index in [2.05, 4.69) is 0 Å². The Bertz CT molecular complexity index is 907. The van der Waals surface area contributed by atoms with Crippen molar-refractivity contribution in [1.82, 2.24) is 10.0 Å². The van der Waals surface area contributed by atoms with Crippen LogP contribution in [-0.4, -0.2) is 39.0 Å². The Morgan fingerprint density at radius 3 is 2.07 bits per heavy atom. The number of halogens is 1. The highest BCUT2D eigenvalue weighted by Gasteiger charge is 2.41. The number of hydrazine groups is 1. The van der Waals surface area contributed by atoms with Crippen molar-refractivity contribution in [3.63, 3.8) is 0 Å². The lowest BCUT2D eigenvalue weighted by Crippen LogP contribution is -2.60. The average molecular weight is 431 g/mol. The molecule has 2 aromatic carbocycles. The molecule has 0 N–H and O–H groups in total. The van der Waals surface area contributed by atoms with E-state index < -0.39 is 29.0 Å². The molecule has 1 atom stereocenters. The summed E-state index contributed by atoms with van der Waals surface area (Å²) in [6.07, 6.45) is -0.301. The molecule has 0 aromatic heterocycles. The molecule has 160 valence electrons. The fourth-order valence-corrected chi connectivity index (χ4v) is 3.05. The number of alkyl halides is 1. The summed E-state index contributed by atoms with van der Waals surface area (Å²) in [6.45, 7) is 8.52. The number of amides is 3. The van der Waals surface area contributed by atoms with Crippen molar-refractivity contribution in [2.24, 2.45) is 0 Å². The maximum absolute atomic E-state index is 13.6. The minimum atomic E-state index is -0.954. The van der Waals surface area contributed by atoms with Gasteiger partial charge in [0, 0.05) is 11.1 Å². The molecule has 6 nitrogen and oxygen atoms in total. The van der Waals surface area contributed by atoms with E-state index in [-0.39, 0.29) is 5.56 Å². The topological polar surface area (TPSA) is 66.9 Å². The Balaban J connectivity index is 2.66. The summed E-state index contributed by atoms with van der Waals surface area (Å²) in [6, 6.07) is 15.3. The van der Waals surface area contributed by atoms with Gasteiger partial charge in [0.05, 0.1) is 5.54 Å². The quantitative estimate of drug-likeness (QED) is 0.376. The van der Waals surface area contributed by atoms with Gasteiger partial charge in [0.1, 0.15) is 0 Å². The second-order valence-electron chi connectivity index (χ2n) is 7.71. The number of hydrogen-bond donors (Lipinski definition) is 0. The number of imide groups is 1. The summed E-state index contributed by atoms with van der Waals surface area (Å²) in [5.74, 6) is -1.25. The summed E-state index contributed by atoms with van der Waals surface area (Å²) in [5.41, 5.74) is -0.522. The minimum Gasteiger partial charge on any atom is -0.429 e. The largest absolute Gasteiger partial charge is 0.431 e. The highest BCUT2D eigenvalue weighted by molar-refractivity contribution is 6.20. The van der Waals surface area contributed by atoms with E-state index in [9.17, 15) is 14.4 Å². The number of rotatable bonds is 4. The van der Waals surface area contributed by atoms with E-state index in [1.54, 1.807) is 63.2 Å². The van der Waals surface area contributed by atoms with Crippen molar-refractivity contribution >= 4 is 29.5 Å². The van der Waals surface area contributed by atoms with Gasteiger partial charge in [0.2, 0.25) is 0 Å². The highest BCUT2D eigenvalue weighted by Crippen LogP contribution is 2.25. The average Bonchev–Trinajstić information content (AvgIpc) is 2.70. The second kappa shape index (κ2) is 9.76. The first-order valence-electron chi connectivity index (χ1n) is 9.74. The highest BCUT2D eigenvalue weighted by atomic mass is 35.5. The van der Waals surface area contributed by atoms with E-state index >= 15 is 0 Å². The van der Waals surface area contributed by atoms with Crippen LogP contribution in [0.15, 0.2) is 54.6 Å². The summed E-state index contributed by atoms with van der Waals surface area (Å²) in [4.78, 5) is 40.0. The maximum atomic E-state index is 13.6. The Morgan fingerprint density at radius 2 is 1.53 bits per heavy atom. The van der Waals surface area contributed by atoms with E-state index in [0.29, 0.717) is 12.0 Å². The van der Waals surface area contributed by atoms with Crippen LogP contribution in [0.25, 0.3) is 0 Å². The molecule has 30 heavy (non-hydrogen) atoms. The molecule has 0 spiro atoms. The van der Waals surface area contributed by atoms with Crippen LogP contribution >= 0.6 is 11.6 Å². The maximum Gasteiger partial charge on any atom is 0.431 e.